The highest BCUT2D eigenvalue weighted by atomic mass is 35.5. The molecule has 0 bridgehead atoms. The zero-order valence-electron chi connectivity index (χ0n) is 12.9. The summed E-state index contributed by atoms with van der Waals surface area (Å²) in [6.45, 7) is 5.00. The first-order valence-electron chi connectivity index (χ1n) is 7.29. The molecule has 1 fully saturated rings. The van der Waals surface area contributed by atoms with Crippen molar-refractivity contribution >= 4 is 17.3 Å². The van der Waals surface area contributed by atoms with Gasteiger partial charge in [0.2, 0.25) is 0 Å². The molecule has 1 aliphatic heterocycles. The van der Waals surface area contributed by atoms with Gasteiger partial charge < -0.3 is 15.5 Å². The third-order valence-electron chi connectivity index (χ3n) is 3.76. The highest BCUT2D eigenvalue weighted by molar-refractivity contribution is 6.33. The summed E-state index contributed by atoms with van der Waals surface area (Å²) >= 11 is 6.27. The van der Waals surface area contributed by atoms with Crippen LogP contribution in [0.25, 0.3) is 0 Å². The Balaban J connectivity index is 2.22. The standard InChI is InChI=1S/C14H24ClN5O/c1-10-6-11(16)9-19(8-10)12-7-17-20(5-4-18(2)3)14(21)13(12)15/h7,10-11H,4-6,8-9,16H2,1-3H3. The van der Waals surface area contributed by atoms with Crippen LogP contribution in [0, 0.1) is 5.92 Å². The molecule has 1 aliphatic rings. The lowest BCUT2D eigenvalue weighted by Crippen LogP contribution is -2.47. The lowest BCUT2D eigenvalue weighted by Gasteiger charge is -2.36. The predicted molar refractivity (Wildman–Crippen MR) is 86.0 cm³/mol. The second-order valence-electron chi connectivity index (χ2n) is 6.18. The van der Waals surface area contributed by atoms with Gasteiger partial charge in [-0.3, -0.25) is 4.79 Å². The molecule has 1 aromatic rings. The van der Waals surface area contributed by atoms with Gasteiger partial charge in [0, 0.05) is 25.7 Å². The van der Waals surface area contributed by atoms with Crippen LogP contribution < -0.4 is 16.2 Å². The van der Waals surface area contributed by atoms with Crippen LogP contribution in [0.5, 0.6) is 0 Å². The molecule has 2 rings (SSSR count). The van der Waals surface area contributed by atoms with Gasteiger partial charge in [-0.15, -0.1) is 0 Å². The van der Waals surface area contributed by atoms with Gasteiger partial charge in [0.05, 0.1) is 18.4 Å². The van der Waals surface area contributed by atoms with Crippen molar-refractivity contribution < 1.29 is 0 Å². The summed E-state index contributed by atoms with van der Waals surface area (Å²) in [5.41, 5.74) is 6.52. The van der Waals surface area contributed by atoms with Gasteiger partial charge in [0.25, 0.3) is 5.56 Å². The molecule has 118 valence electrons. The molecule has 1 saturated heterocycles. The first kappa shape index (κ1) is 16.3. The average molecular weight is 314 g/mol. The van der Waals surface area contributed by atoms with Crippen LogP contribution in [-0.4, -0.2) is 54.5 Å². The first-order chi connectivity index (χ1) is 9.88. The Labute approximate surface area is 130 Å². The maximum absolute atomic E-state index is 12.3. The van der Waals surface area contributed by atoms with Gasteiger partial charge in [-0.2, -0.15) is 5.10 Å². The number of anilines is 1. The lowest BCUT2D eigenvalue weighted by atomic mass is 9.96. The minimum Gasteiger partial charge on any atom is -0.367 e. The van der Waals surface area contributed by atoms with Crippen molar-refractivity contribution in [1.29, 1.82) is 0 Å². The van der Waals surface area contributed by atoms with E-state index in [1.54, 1.807) is 6.20 Å². The van der Waals surface area contributed by atoms with E-state index < -0.39 is 0 Å². The smallest absolute Gasteiger partial charge is 0.287 e. The van der Waals surface area contributed by atoms with E-state index in [0.29, 0.717) is 24.7 Å². The number of hydrogen-bond acceptors (Lipinski definition) is 5. The number of nitrogens with zero attached hydrogens (tertiary/aromatic N) is 4. The van der Waals surface area contributed by atoms with Gasteiger partial charge in [-0.25, -0.2) is 4.68 Å². The van der Waals surface area contributed by atoms with Crippen molar-refractivity contribution in [3.05, 3.63) is 21.6 Å². The number of piperidine rings is 1. The fourth-order valence-corrected chi connectivity index (χ4v) is 2.99. The Kier molecular flexibility index (Phi) is 5.24. The fourth-order valence-electron chi connectivity index (χ4n) is 2.73. The lowest BCUT2D eigenvalue weighted by molar-refractivity contribution is 0.367. The molecular weight excluding hydrogens is 290 g/mol. The minimum atomic E-state index is -0.234. The van der Waals surface area contributed by atoms with Gasteiger partial charge >= 0.3 is 0 Å². The number of rotatable bonds is 4. The highest BCUT2D eigenvalue weighted by Crippen LogP contribution is 2.26. The van der Waals surface area contributed by atoms with E-state index in [9.17, 15) is 4.79 Å². The van der Waals surface area contributed by atoms with E-state index in [4.69, 9.17) is 17.3 Å². The molecule has 2 atom stereocenters. The second kappa shape index (κ2) is 6.77. The topological polar surface area (TPSA) is 67.4 Å². The Hall–Kier alpha value is -1.11. The number of nitrogens with two attached hydrogens (primary N) is 1. The molecule has 7 heteroatoms. The van der Waals surface area contributed by atoms with E-state index in [0.717, 1.165) is 19.5 Å². The van der Waals surface area contributed by atoms with Crippen molar-refractivity contribution in [2.75, 3.05) is 38.6 Å². The van der Waals surface area contributed by atoms with Gasteiger partial charge in [0.1, 0.15) is 5.02 Å². The molecule has 0 saturated carbocycles. The van der Waals surface area contributed by atoms with Crippen LogP contribution >= 0.6 is 11.6 Å². The molecule has 2 N–H and O–H groups in total. The molecule has 21 heavy (non-hydrogen) atoms. The van der Waals surface area contributed by atoms with Crippen LogP contribution in [0.15, 0.2) is 11.0 Å². The number of likely N-dealkylation sites (N-methyl/N-ethyl adjacent to an activating group) is 1. The normalized spacial score (nSPS) is 22.9. The Morgan fingerprint density at radius 3 is 2.81 bits per heavy atom. The number of aromatic nitrogens is 2. The van der Waals surface area contributed by atoms with Crippen LogP contribution in [0.4, 0.5) is 5.69 Å². The van der Waals surface area contributed by atoms with E-state index in [1.165, 1.54) is 4.68 Å². The van der Waals surface area contributed by atoms with Crippen LogP contribution in [0.2, 0.25) is 5.02 Å². The SMILES string of the molecule is CC1CC(N)CN(c2cnn(CCN(C)C)c(=O)c2Cl)C1. The summed E-state index contributed by atoms with van der Waals surface area (Å²) in [5.74, 6) is 0.487. The summed E-state index contributed by atoms with van der Waals surface area (Å²) in [4.78, 5) is 16.4. The third-order valence-corrected chi connectivity index (χ3v) is 4.11. The number of halogens is 1. The van der Waals surface area contributed by atoms with E-state index in [-0.39, 0.29) is 16.6 Å². The van der Waals surface area contributed by atoms with Crippen LogP contribution in [0.3, 0.4) is 0 Å². The fraction of sp³-hybridized carbons (Fsp3) is 0.714. The maximum atomic E-state index is 12.3. The van der Waals surface area contributed by atoms with Crippen LogP contribution in [-0.2, 0) is 6.54 Å². The maximum Gasteiger partial charge on any atom is 0.287 e. The van der Waals surface area contributed by atoms with Crippen molar-refractivity contribution in [1.82, 2.24) is 14.7 Å². The third kappa shape index (κ3) is 3.96. The zero-order chi connectivity index (χ0) is 15.6. The molecule has 0 aromatic carbocycles. The summed E-state index contributed by atoms with van der Waals surface area (Å²) in [5, 5.41) is 4.49. The molecule has 1 aromatic heterocycles. The monoisotopic (exact) mass is 313 g/mol. The summed E-state index contributed by atoms with van der Waals surface area (Å²) in [7, 11) is 3.91. The Morgan fingerprint density at radius 1 is 1.48 bits per heavy atom. The predicted octanol–water partition coefficient (Wildman–Crippen LogP) is 0.632. The Bertz CT molecular complexity index is 535. The first-order valence-corrected chi connectivity index (χ1v) is 7.67. The van der Waals surface area contributed by atoms with Gasteiger partial charge in [-0.1, -0.05) is 18.5 Å². The van der Waals surface area contributed by atoms with E-state index in [1.807, 2.05) is 19.0 Å². The molecule has 0 radical (unpaired) electrons. The van der Waals surface area contributed by atoms with Crippen molar-refractivity contribution in [2.24, 2.45) is 11.7 Å². The molecule has 0 spiro atoms. The molecule has 0 aliphatic carbocycles. The summed E-state index contributed by atoms with van der Waals surface area (Å²) in [6.07, 6.45) is 2.69. The van der Waals surface area contributed by atoms with Crippen LogP contribution in [0.1, 0.15) is 13.3 Å². The van der Waals surface area contributed by atoms with Crippen molar-refractivity contribution in [3.8, 4) is 0 Å². The molecule has 6 nitrogen and oxygen atoms in total. The van der Waals surface area contributed by atoms with Gasteiger partial charge in [0.15, 0.2) is 0 Å². The molecule has 0 amide bonds. The zero-order valence-corrected chi connectivity index (χ0v) is 13.7. The quantitative estimate of drug-likeness (QED) is 0.883. The average Bonchev–Trinajstić information content (AvgIpc) is 2.39. The Morgan fingerprint density at radius 2 is 2.19 bits per heavy atom. The second-order valence-corrected chi connectivity index (χ2v) is 6.56. The van der Waals surface area contributed by atoms with E-state index in [2.05, 4.69) is 16.9 Å². The summed E-state index contributed by atoms with van der Waals surface area (Å²) in [6, 6.07) is 0.112. The molecular formula is C14H24ClN5O. The largest absolute Gasteiger partial charge is 0.367 e. The van der Waals surface area contributed by atoms with E-state index >= 15 is 0 Å². The minimum absolute atomic E-state index is 0.112. The summed E-state index contributed by atoms with van der Waals surface area (Å²) < 4.78 is 1.42. The molecule has 2 unspecified atom stereocenters. The van der Waals surface area contributed by atoms with Crippen molar-refractivity contribution in [3.63, 3.8) is 0 Å². The van der Waals surface area contributed by atoms with Crippen molar-refractivity contribution in [2.45, 2.75) is 25.9 Å². The highest BCUT2D eigenvalue weighted by Gasteiger charge is 2.25. The number of hydrogen-bond donors (Lipinski definition) is 1. The molecule has 2 heterocycles. The van der Waals surface area contributed by atoms with Gasteiger partial charge in [-0.05, 0) is 26.4 Å².